The molecular weight excluding hydrogens is 296 g/mol. The zero-order valence-electron chi connectivity index (χ0n) is 14.0. The number of β-amino-alcohol motifs (C(OH)–C–C–N with tert-alkyl or cyclic N) is 1. The van der Waals surface area contributed by atoms with Crippen molar-refractivity contribution in [1.82, 2.24) is 10.2 Å². The minimum absolute atomic E-state index is 0.155. The standard InChI is InChI=1S/C17H26N2O4/c1-13(23-15-7-5-14(22-3)6-8-15)11-18-16(20)19-10-4-9-17(2,21)12-19/h5-8,13,21H,4,9-12H2,1-3H3,(H,18,20)/t13-,17+/m0/s1. The maximum absolute atomic E-state index is 12.2. The van der Waals surface area contributed by atoms with Crippen LogP contribution in [0.15, 0.2) is 24.3 Å². The number of methoxy groups -OCH3 is 1. The van der Waals surface area contributed by atoms with Crippen molar-refractivity contribution < 1.29 is 19.4 Å². The van der Waals surface area contributed by atoms with E-state index < -0.39 is 5.60 Å². The highest BCUT2D eigenvalue weighted by Gasteiger charge is 2.30. The van der Waals surface area contributed by atoms with Crippen LogP contribution in [0.5, 0.6) is 11.5 Å². The second-order valence-electron chi connectivity index (χ2n) is 6.31. The highest BCUT2D eigenvalue weighted by Crippen LogP contribution is 2.20. The Morgan fingerprint density at radius 3 is 2.65 bits per heavy atom. The Bertz CT molecular complexity index is 516. The van der Waals surface area contributed by atoms with Gasteiger partial charge >= 0.3 is 6.03 Å². The molecule has 6 nitrogen and oxygen atoms in total. The molecule has 1 aromatic rings. The highest BCUT2D eigenvalue weighted by molar-refractivity contribution is 5.74. The molecule has 6 heteroatoms. The van der Waals surface area contributed by atoms with Crippen molar-refractivity contribution in [3.05, 3.63) is 24.3 Å². The molecule has 23 heavy (non-hydrogen) atoms. The van der Waals surface area contributed by atoms with E-state index in [1.165, 1.54) is 0 Å². The molecule has 0 saturated carbocycles. The summed E-state index contributed by atoms with van der Waals surface area (Å²) in [6.07, 6.45) is 1.39. The Morgan fingerprint density at radius 2 is 2.04 bits per heavy atom. The molecule has 1 aromatic carbocycles. The van der Waals surface area contributed by atoms with Crippen LogP contribution < -0.4 is 14.8 Å². The van der Waals surface area contributed by atoms with Crippen LogP contribution in [0.3, 0.4) is 0 Å². The van der Waals surface area contributed by atoms with Crippen molar-refractivity contribution in [3.8, 4) is 11.5 Å². The van der Waals surface area contributed by atoms with Gasteiger partial charge in [0.05, 0.1) is 25.8 Å². The zero-order chi connectivity index (χ0) is 16.9. The minimum Gasteiger partial charge on any atom is -0.497 e. The number of carbonyl (C=O) groups is 1. The van der Waals surface area contributed by atoms with Crippen LogP contribution in [0.1, 0.15) is 26.7 Å². The summed E-state index contributed by atoms with van der Waals surface area (Å²) in [7, 11) is 1.62. The quantitative estimate of drug-likeness (QED) is 0.870. The number of benzene rings is 1. The van der Waals surface area contributed by atoms with Gasteiger partial charge in [-0.15, -0.1) is 0 Å². The molecule has 128 valence electrons. The Hall–Kier alpha value is -1.95. The van der Waals surface area contributed by atoms with E-state index in [2.05, 4.69) is 5.32 Å². The van der Waals surface area contributed by atoms with Gasteiger partial charge in [-0.05, 0) is 51.0 Å². The number of urea groups is 1. The first kappa shape index (κ1) is 17.4. The summed E-state index contributed by atoms with van der Waals surface area (Å²) in [5.74, 6) is 1.50. The molecule has 1 heterocycles. The van der Waals surface area contributed by atoms with Gasteiger partial charge in [0.15, 0.2) is 0 Å². The lowest BCUT2D eigenvalue weighted by Gasteiger charge is -2.36. The third-order valence-electron chi connectivity index (χ3n) is 3.90. The van der Waals surface area contributed by atoms with E-state index in [0.717, 1.165) is 24.3 Å². The summed E-state index contributed by atoms with van der Waals surface area (Å²) in [6.45, 7) is 5.12. The molecule has 0 aromatic heterocycles. The third kappa shape index (κ3) is 5.32. The second-order valence-corrected chi connectivity index (χ2v) is 6.31. The largest absolute Gasteiger partial charge is 0.497 e. The van der Waals surface area contributed by atoms with Gasteiger partial charge in [-0.25, -0.2) is 4.79 Å². The number of hydrogen-bond donors (Lipinski definition) is 2. The Kier molecular flexibility index (Phi) is 5.71. The number of aliphatic hydroxyl groups is 1. The SMILES string of the molecule is COc1ccc(O[C@@H](C)CNC(=O)N2CCC[C@@](C)(O)C2)cc1. The molecule has 0 bridgehead atoms. The van der Waals surface area contributed by atoms with Crippen molar-refractivity contribution in [2.45, 2.75) is 38.4 Å². The molecule has 2 atom stereocenters. The van der Waals surface area contributed by atoms with Crippen LogP contribution in [0.25, 0.3) is 0 Å². The summed E-state index contributed by atoms with van der Waals surface area (Å²) in [6, 6.07) is 7.17. The first-order chi connectivity index (χ1) is 10.9. The summed E-state index contributed by atoms with van der Waals surface area (Å²) in [4.78, 5) is 13.8. The molecule has 0 unspecified atom stereocenters. The van der Waals surface area contributed by atoms with Crippen LogP contribution in [-0.2, 0) is 0 Å². The van der Waals surface area contributed by atoms with E-state index in [0.29, 0.717) is 19.6 Å². The van der Waals surface area contributed by atoms with Gasteiger partial charge in [0.25, 0.3) is 0 Å². The number of rotatable bonds is 5. The lowest BCUT2D eigenvalue weighted by Crippen LogP contribution is -2.52. The van der Waals surface area contributed by atoms with Gasteiger partial charge < -0.3 is 24.8 Å². The fraction of sp³-hybridized carbons (Fsp3) is 0.588. The lowest BCUT2D eigenvalue weighted by molar-refractivity contribution is -0.00270. The number of hydrogen-bond acceptors (Lipinski definition) is 4. The highest BCUT2D eigenvalue weighted by atomic mass is 16.5. The van der Waals surface area contributed by atoms with Crippen molar-refractivity contribution in [2.75, 3.05) is 26.7 Å². The third-order valence-corrected chi connectivity index (χ3v) is 3.90. The van der Waals surface area contributed by atoms with Gasteiger partial charge in [-0.3, -0.25) is 0 Å². The van der Waals surface area contributed by atoms with E-state index in [-0.39, 0.29) is 12.1 Å². The number of nitrogens with one attached hydrogen (secondary N) is 1. The van der Waals surface area contributed by atoms with Crippen molar-refractivity contribution in [2.24, 2.45) is 0 Å². The van der Waals surface area contributed by atoms with Crippen LogP contribution in [0.2, 0.25) is 0 Å². The average Bonchev–Trinajstić information content (AvgIpc) is 2.52. The lowest BCUT2D eigenvalue weighted by atomic mass is 9.95. The number of ether oxygens (including phenoxy) is 2. The van der Waals surface area contributed by atoms with Crippen LogP contribution in [-0.4, -0.2) is 54.5 Å². The molecule has 0 radical (unpaired) electrons. The molecule has 1 saturated heterocycles. The van der Waals surface area contributed by atoms with E-state index in [4.69, 9.17) is 9.47 Å². The van der Waals surface area contributed by atoms with Gasteiger partial charge in [0.1, 0.15) is 17.6 Å². The van der Waals surface area contributed by atoms with Crippen LogP contribution in [0, 0.1) is 0 Å². The molecule has 0 aliphatic carbocycles. The van der Waals surface area contributed by atoms with Crippen LogP contribution >= 0.6 is 0 Å². The van der Waals surface area contributed by atoms with Gasteiger partial charge in [-0.2, -0.15) is 0 Å². The normalized spacial score (nSPS) is 22.3. The molecule has 2 N–H and O–H groups in total. The number of carbonyl (C=O) groups excluding carboxylic acids is 1. The van der Waals surface area contributed by atoms with E-state index in [1.54, 1.807) is 18.9 Å². The number of likely N-dealkylation sites (tertiary alicyclic amines) is 1. The zero-order valence-corrected chi connectivity index (χ0v) is 14.0. The van der Waals surface area contributed by atoms with Crippen molar-refractivity contribution >= 4 is 6.03 Å². The van der Waals surface area contributed by atoms with Crippen molar-refractivity contribution in [3.63, 3.8) is 0 Å². The minimum atomic E-state index is -0.791. The Morgan fingerprint density at radius 1 is 1.39 bits per heavy atom. The maximum atomic E-state index is 12.2. The molecule has 0 spiro atoms. The summed E-state index contributed by atoms with van der Waals surface area (Å²) < 4.78 is 10.9. The number of piperidine rings is 1. The molecule has 1 aliphatic rings. The predicted molar refractivity (Wildman–Crippen MR) is 87.9 cm³/mol. The fourth-order valence-electron chi connectivity index (χ4n) is 2.66. The topological polar surface area (TPSA) is 71.0 Å². The van der Waals surface area contributed by atoms with Crippen molar-refractivity contribution in [1.29, 1.82) is 0 Å². The summed E-state index contributed by atoms with van der Waals surface area (Å²) in [5.41, 5.74) is -0.791. The molecule has 1 aliphatic heterocycles. The van der Waals surface area contributed by atoms with E-state index in [1.807, 2.05) is 31.2 Å². The second kappa shape index (κ2) is 7.55. The fourth-order valence-corrected chi connectivity index (χ4v) is 2.66. The average molecular weight is 322 g/mol. The monoisotopic (exact) mass is 322 g/mol. The summed E-state index contributed by atoms with van der Waals surface area (Å²) >= 11 is 0. The Balaban J connectivity index is 1.76. The first-order valence-electron chi connectivity index (χ1n) is 7.95. The summed E-state index contributed by atoms with van der Waals surface area (Å²) in [5, 5.41) is 12.9. The van der Waals surface area contributed by atoms with Gasteiger partial charge in [0.2, 0.25) is 0 Å². The molecule has 1 fully saturated rings. The maximum Gasteiger partial charge on any atom is 0.317 e. The molecule has 2 rings (SSSR count). The smallest absolute Gasteiger partial charge is 0.317 e. The van der Waals surface area contributed by atoms with Crippen LogP contribution in [0.4, 0.5) is 4.79 Å². The Labute approximate surface area is 137 Å². The molecular formula is C17H26N2O4. The molecule has 2 amide bonds. The number of amides is 2. The number of nitrogens with zero attached hydrogens (tertiary/aromatic N) is 1. The first-order valence-corrected chi connectivity index (χ1v) is 7.95. The van der Waals surface area contributed by atoms with Gasteiger partial charge in [-0.1, -0.05) is 0 Å². The van der Waals surface area contributed by atoms with E-state index >= 15 is 0 Å². The van der Waals surface area contributed by atoms with E-state index in [9.17, 15) is 9.90 Å². The van der Waals surface area contributed by atoms with Gasteiger partial charge in [0, 0.05) is 6.54 Å². The predicted octanol–water partition coefficient (Wildman–Crippen LogP) is 2.02.